The first-order chi connectivity index (χ1) is 17.4. The molecule has 2 aromatic rings. The maximum atomic E-state index is 13.1. The highest BCUT2D eigenvalue weighted by molar-refractivity contribution is 5.94. The highest BCUT2D eigenvalue weighted by Gasteiger charge is 2.30. The number of H-pyrrole nitrogens is 1. The number of fused-ring (bicyclic) bond motifs is 1. The van der Waals surface area contributed by atoms with Crippen molar-refractivity contribution >= 4 is 40.5 Å². The number of amides is 4. The monoisotopic (exact) mass is 516 g/mol. The van der Waals surface area contributed by atoms with Gasteiger partial charge in [0, 0.05) is 23.5 Å². The molecule has 1 heterocycles. The minimum atomic E-state index is -1.22. The molecule has 12 nitrogen and oxygen atoms in total. The first-order valence-electron chi connectivity index (χ1n) is 12.1. The molecule has 4 atom stereocenters. The quantitative estimate of drug-likeness (QED) is 0.181. The number of aromatic nitrogens is 1. The van der Waals surface area contributed by atoms with Crippen LogP contribution in [0.3, 0.4) is 0 Å². The number of benzene rings is 1. The maximum absolute atomic E-state index is 13.1. The van der Waals surface area contributed by atoms with Gasteiger partial charge in [-0.1, -0.05) is 32.0 Å². The fourth-order valence-corrected chi connectivity index (χ4v) is 3.82. The Morgan fingerprint density at radius 1 is 0.946 bits per heavy atom. The molecule has 0 fully saturated rings. The van der Waals surface area contributed by atoms with Crippen LogP contribution in [0.25, 0.3) is 10.9 Å². The lowest BCUT2D eigenvalue weighted by molar-refractivity contribution is -0.142. The number of nitrogens with one attached hydrogen (secondary N) is 4. The number of primary amides is 1. The van der Waals surface area contributed by atoms with Crippen molar-refractivity contribution in [2.45, 2.75) is 70.6 Å². The van der Waals surface area contributed by atoms with Gasteiger partial charge in [0.05, 0.1) is 6.04 Å². The molecule has 202 valence electrons. The summed E-state index contributed by atoms with van der Waals surface area (Å²) in [5, 5.41) is 17.5. The number of carbonyl (C=O) groups is 5. The van der Waals surface area contributed by atoms with Crippen LogP contribution in [0, 0.1) is 5.92 Å². The van der Waals surface area contributed by atoms with Crippen LogP contribution >= 0.6 is 0 Å². The molecule has 0 spiro atoms. The highest BCUT2D eigenvalue weighted by atomic mass is 16.4. The molecule has 37 heavy (non-hydrogen) atoms. The Morgan fingerprint density at radius 3 is 2.19 bits per heavy atom. The van der Waals surface area contributed by atoms with Crippen LogP contribution in [-0.2, 0) is 30.4 Å². The summed E-state index contributed by atoms with van der Waals surface area (Å²) < 4.78 is 0. The Kier molecular flexibility index (Phi) is 10.6. The number of aromatic amines is 1. The Hall–Kier alpha value is -3.93. The van der Waals surface area contributed by atoms with Crippen molar-refractivity contribution in [3.63, 3.8) is 0 Å². The maximum Gasteiger partial charge on any atom is 0.325 e. The van der Waals surface area contributed by atoms with Crippen LogP contribution in [0.1, 0.15) is 45.6 Å². The van der Waals surface area contributed by atoms with E-state index in [9.17, 15) is 24.0 Å². The van der Waals surface area contributed by atoms with E-state index in [1.54, 1.807) is 6.20 Å². The predicted molar refractivity (Wildman–Crippen MR) is 137 cm³/mol. The van der Waals surface area contributed by atoms with Crippen LogP contribution in [0.2, 0.25) is 0 Å². The van der Waals surface area contributed by atoms with Gasteiger partial charge < -0.3 is 37.5 Å². The highest BCUT2D eigenvalue weighted by Crippen LogP contribution is 2.19. The zero-order valence-electron chi connectivity index (χ0n) is 21.2. The number of nitrogens with two attached hydrogens (primary N) is 2. The zero-order valence-corrected chi connectivity index (χ0v) is 21.2. The standard InChI is InChI=1S/C25H36N6O6/c1-13(2)10-20(24(35)29-14(3)25(36)37)31-23(34)19(8-9-21(27)32)30-22(33)17(26)11-15-12-28-18-7-5-4-6-16(15)18/h4-7,12-14,17,19-20,28H,8-11,26H2,1-3H3,(H2,27,32)(H,29,35)(H,30,33)(H,31,34)(H,36,37). The van der Waals surface area contributed by atoms with E-state index < -0.39 is 53.8 Å². The van der Waals surface area contributed by atoms with Gasteiger partial charge >= 0.3 is 5.97 Å². The average molecular weight is 517 g/mol. The molecule has 0 bridgehead atoms. The number of hydrogen-bond donors (Lipinski definition) is 7. The number of carbonyl (C=O) groups excluding carboxylic acids is 4. The molecule has 0 radical (unpaired) electrons. The molecular weight excluding hydrogens is 480 g/mol. The van der Waals surface area contributed by atoms with Gasteiger partial charge in [-0.2, -0.15) is 0 Å². The lowest BCUT2D eigenvalue weighted by Crippen LogP contribution is -2.57. The molecule has 0 saturated carbocycles. The van der Waals surface area contributed by atoms with Gasteiger partial charge in [0.2, 0.25) is 23.6 Å². The van der Waals surface area contributed by atoms with Crippen LogP contribution < -0.4 is 27.4 Å². The Bertz CT molecular complexity index is 1130. The molecular formula is C25H36N6O6. The third kappa shape index (κ3) is 8.90. The molecule has 1 aromatic carbocycles. The summed E-state index contributed by atoms with van der Waals surface area (Å²) >= 11 is 0. The fourth-order valence-electron chi connectivity index (χ4n) is 3.82. The molecule has 0 aliphatic carbocycles. The molecule has 2 rings (SSSR count). The number of carboxylic acids is 1. The smallest absolute Gasteiger partial charge is 0.325 e. The Labute approximate surface area is 214 Å². The normalized spacial score (nSPS) is 14.4. The summed E-state index contributed by atoms with van der Waals surface area (Å²) in [7, 11) is 0. The van der Waals surface area contributed by atoms with Crippen LogP contribution in [0.15, 0.2) is 30.5 Å². The van der Waals surface area contributed by atoms with Crippen molar-refractivity contribution < 1.29 is 29.1 Å². The van der Waals surface area contributed by atoms with E-state index in [1.165, 1.54) is 6.92 Å². The summed E-state index contributed by atoms with van der Waals surface area (Å²) in [6.45, 7) is 4.98. The van der Waals surface area contributed by atoms with Crippen molar-refractivity contribution in [1.29, 1.82) is 0 Å². The van der Waals surface area contributed by atoms with Gasteiger partial charge in [-0.3, -0.25) is 24.0 Å². The van der Waals surface area contributed by atoms with E-state index in [0.29, 0.717) is 0 Å². The van der Waals surface area contributed by atoms with E-state index in [0.717, 1.165) is 16.5 Å². The number of rotatable bonds is 14. The summed E-state index contributed by atoms with van der Waals surface area (Å²) in [6, 6.07) is 3.16. The first-order valence-corrected chi connectivity index (χ1v) is 12.1. The zero-order chi connectivity index (χ0) is 27.7. The average Bonchev–Trinajstić information content (AvgIpc) is 3.23. The lowest BCUT2D eigenvalue weighted by Gasteiger charge is -2.25. The molecule has 0 saturated heterocycles. The largest absolute Gasteiger partial charge is 0.480 e. The van der Waals surface area contributed by atoms with E-state index in [4.69, 9.17) is 16.6 Å². The summed E-state index contributed by atoms with van der Waals surface area (Å²) in [5.41, 5.74) is 13.1. The Morgan fingerprint density at radius 2 is 1.57 bits per heavy atom. The summed E-state index contributed by atoms with van der Waals surface area (Å²) in [5.74, 6) is -3.90. The van der Waals surface area contributed by atoms with Crippen molar-refractivity contribution in [1.82, 2.24) is 20.9 Å². The van der Waals surface area contributed by atoms with Gasteiger partial charge in [-0.25, -0.2) is 0 Å². The molecule has 1 aromatic heterocycles. The van der Waals surface area contributed by atoms with Gasteiger partial charge in [0.25, 0.3) is 0 Å². The second kappa shape index (κ2) is 13.4. The molecule has 12 heteroatoms. The minimum absolute atomic E-state index is 0.0144. The minimum Gasteiger partial charge on any atom is -0.480 e. The molecule has 4 amide bonds. The van der Waals surface area contributed by atoms with Crippen LogP contribution in [0.4, 0.5) is 0 Å². The van der Waals surface area contributed by atoms with Crippen molar-refractivity contribution in [3.05, 3.63) is 36.0 Å². The van der Waals surface area contributed by atoms with Crippen LogP contribution in [-0.4, -0.2) is 63.9 Å². The summed E-state index contributed by atoms with van der Waals surface area (Å²) in [4.78, 5) is 64.3. The van der Waals surface area contributed by atoms with E-state index in [-0.39, 0.29) is 31.6 Å². The van der Waals surface area contributed by atoms with Gasteiger partial charge in [0.15, 0.2) is 0 Å². The van der Waals surface area contributed by atoms with Crippen molar-refractivity contribution in [2.24, 2.45) is 17.4 Å². The van der Waals surface area contributed by atoms with E-state index in [1.807, 2.05) is 38.1 Å². The first kappa shape index (κ1) is 29.3. The molecule has 9 N–H and O–H groups in total. The SMILES string of the molecule is CC(C)CC(NC(=O)C(CCC(N)=O)NC(=O)C(N)Cc1c[nH]c2ccccc12)C(=O)NC(C)C(=O)O. The third-order valence-corrected chi connectivity index (χ3v) is 5.83. The second-order valence-corrected chi connectivity index (χ2v) is 9.50. The van der Waals surface area contributed by atoms with Crippen molar-refractivity contribution in [3.8, 4) is 0 Å². The topological polar surface area (TPSA) is 209 Å². The summed E-state index contributed by atoms with van der Waals surface area (Å²) in [6.07, 6.45) is 1.90. The van der Waals surface area contributed by atoms with Crippen molar-refractivity contribution in [2.75, 3.05) is 0 Å². The predicted octanol–water partition coefficient (Wildman–Crippen LogP) is -0.0918. The number of hydrogen-bond acceptors (Lipinski definition) is 6. The van der Waals surface area contributed by atoms with Gasteiger partial charge in [-0.05, 0) is 43.7 Å². The lowest BCUT2D eigenvalue weighted by atomic mass is 10.0. The Balaban J connectivity index is 2.13. The second-order valence-electron chi connectivity index (χ2n) is 9.50. The molecule has 4 unspecified atom stereocenters. The number of aliphatic carboxylic acids is 1. The third-order valence-electron chi connectivity index (χ3n) is 5.83. The van der Waals surface area contributed by atoms with Crippen LogP contribution in [0.5, 0.6) is 0 Å². The fraction of sp³-hybridized carbons (Fsp3) is 0.480. The molecule has 0 aliphatic rings. The number of carboxylic acid groups (broad SMARTS) is 1. The van der Waals surface area contributed by atoms with Gasteiger partial charge in [-0.15, -0.1) is 0 Å². The number of para-hydroxylation sites is 1. The van der Waals surface area contributed by atoms with E-state index in [2.05, 4.69) is 20.9 Å². The van der Waals surface area contributed by atoms with E-state index >= 15 is 0 Å². The van der Waals surface area contributed by atoms with Gasteiger partial charge in [0.1, 0.15) is 18.1 Å². The molecule has 0 aliphatic heterocycles.